The lowest BCUT2D eigenvalue weighted by atomic mass is 9.97. The Kier molecular flexibility index (Phi) is 5.87. The number of hydrogen-bond acceptors (Lipinski definition) is 2. The van der Waals surface area contributed by atoms with Crippen LogP contribution in [0.5, 0.6) is 0 Å². The molecule has 2 heteroatoms. The maximum atomic E-state index is 5.65. The molecule has 0 saturated heterocycles. The summed E-state index contributed by atoms with van der Waals surface area (Å²) in [7, 11) is 0. The van der Waals surface area contributed by atoms with Crippen LogP contribution in [0, 0.1) is 0 Å². The summed E-state index contributed by atoms with van der Waals surface area (Å²) in [5.74, 6) is 0.666. The van der Waals surface area contributed by atoms with Crippen LogP contribution in [0.15, 0.2) is 24.3 Å². The summed E-state index contributed by atoms with van der Waals surface area (Å²) in [6.45, 7) is 7.18. The van der Waals surface area contributed by atoms with E-state index in [1.165, 1.54) is 30.4 Å². The molecule has 19 heavy (non-hydrogen) atoms. The van der Waals surface area contributed by atoms with Gasteiger partial charge in [-0.25, -0.2) is 0 Å². The van der Waals surface area contributed by atoms with E-state index in [-0.39, 0.29) is 0 Å². The number of nitrogens with one attached hydrogen (secondary N) is 1. The van der Waals surface area contributed by atoms with Gasteiger partial charge >= 0.3 is 0 Å². The molecule has 106 valence electrons. The molecule has 1 aromatic rings. The third kappa shape index (κ3) is 5.33. The first-order valence-corrected chi connectivity index (χ1v) is 7.69. The quantitative estimate of drug-likeness (QED) is 0.687. The second-order valence-electron chi connectivity index (χ2n) is 5.64. The lowest BCUT2D eigenvalue weighted by molar-refractivity contribution is 0.138. The van der Waals surface area contributed by atoms with E-state index in [0.29, 0.717) is 5.92 Å². The van der Waals surface area contributed by atoms with Gasteiger partial charge in [-0.1, -0.05) is 38.1 Å². The normalized spacial score (nSPS) is 16.5. The third-order valence-corrected chi connectivity index (χ3v) is 3.95. The highest BCUT2D eigenvalue weighted by atomic mass is 16.5. The Bertz CT molecular complexity index is 356. The van der Waals surface area contributed by atoms with E-state index in [1.54, 1.807) is 0 Å². The molecule has 2 nitrogen and oxygen atoms in total. The van der Waals surface area contributed by atoms with Gasteiger partial charge in [-0.3, -0.25) is 0 Å². The summed E-state index contributed by atoms with van der Waals surface area (Å²) < 4.78 is 5.65. The minimum Gasteiger partial charge on any atom is -0.380 e. The van der Waals surface area contributed by atoms with E-state index in [2.05, 4.69) is 43.4 Å². The Labute approximate surface area is 117 Å². The fraction of sp³-hybridized carbons (Fsp3) is 0.647. The highest BCUT2D eigenvalue weighted by Crippen LogP contribution is 2.19. The van der Waals surface area contributed by atoms with Crippen molar-refractivity contribution in [2.75, 3.05) is 19.8 Å². The first kappa shape index (κ1) is 14.5. The van der Waals surface area contributed by atoms with Crippen molar-refractivity contribution in [1.82, 2.24) is 5.32 Å². The second kappa shape index (κ2) is 7.66. The Hall–Kier alpha value is -0.860. The van der Waals surface area contributed by atoms with E-state index < -0.39 is 0 Å². The smallest absolute Gasteiger partial charge is 0.0591 e. The molecule has 2 rings (SSSR count). The summed E-state index contributed by atoms with van der Waals surface area (Å²) in [5.41, 5.74) is 2.82. The average Bonchev–Trinajstić information content (AvgIpc) is 3.26. The van der Waals surface area contributed by atoms with Gasteiger partial charge in [0.15, 0.2) is 0 Å². The third-order valence-electron chi connectivity index (χ3n) is 3.95. The molecule has 1 aliphatic carbocycles. The van der Waals surface area contributed by atoms with Crippen LogP contribution in [0.2, 0.25) is 0 Å². The van der Waals surface area contributed by atoms with Gasteiger partial charge in [-0.15, -0.1) is 0 Å². The Balaban J connectivity index is 1.59. The lowest BCUT2D eigenvalue weighted by Crippen LogP contribution is -2.22. The van der Waals surface area contributed by atoms with Gasteiger partial charge in [0.2, 0.25) is 0 Å². The zero-order chi connectivity index (χ0) is 13.5. The van der Waals surface area contributed by atoms with E-state index in [0.717, 1.165) is 32.2 Å². The minimum atomic E-state index is 0.666. The van der Waals surface area contributed by atoms with Crippen molar-refractivity contribution in [2.24, 2.45) is 0 Å². The van der Waals surface area contributed by atoms with Gasteiger partial charge in [0.05, 0.1) is 13.2 Å². The lowest BCUT2D eigenvalue weighted by Gasteiger charge is -2.10. The predicted molar refractivity (Wildman–Crippen MR) is 80.7 cm³/mol. The standard InChI is InChI=1S/C17H27NO/c1-3-14(2)16-6-4-15(5-7-16)10-12-19-13-11-18-17-8-9-17/h4-7,14,17-18H,3,8-13H2,1-2H3. The van der Waals surface area contributed by atoms with E-state index >= 15 is 0 Å². The van der Waals surface area contributed by atoms with Crippen molar-refractivity contribution in [2.45, 2.75) is 51.5 Å². The highest BCUT2D eigenvalue weighted by Gasteiger charge is 2.19. The summed E-state index contributed by atoms with van der Waals surface area (Å²) in [6.07, 6.45) is 4.92. The van der Waals surface area contributed by atoms with Crippen LogP contribution >= 0.6 is 0 Å². The number of benzene rings is 1. The zero-order valence-electron chi connectivity index (χ0n) is 12.3. The first-order chi connectivity index (χ1) is 9.29. The van der Waals surface area contributed by atoms with Crippen LogP contribution in [-0.4, -0.2) is 25.8 Å². The molecule has 1 aliphatic rings. The molecule has 1 fully saturated rings. The molecule has 0 amide bonds. The van der Waals surface area contributed by atoms with E-state index in [1.807, 2.05) is 0 Å². The molecule has 1 unspecified atom stereocenters. The number of hydrogen-bond donors (Lipinski definition) is 1. The Morgan fingerprint density at radius 1 is 1.21 bits per heavy atom. The second-order valence-corrected chi connectivity index (χ2v) is 5.64. The maximum absolute atomic E-state index is 5.65. The molecule has 0 radical (unpaired) electrons. The van der Waals surface area contributed by atoms with Gasteiger partial charge in [0, 0.05) is 12.6 Å². The van der Waals surface area contributed by atoms with Crippen molar-refractivity contribution in [3.63, 3.8) is 0 Å². The van der Waals surface area contributed by atoms with Crippen LogP contribution in [0.4, 0.5) is 0 Å². The highest BCUT2D eigenvalue weighted by molar-refractivity contribution is 5.25. The molecule has 0 bridgehead atoms. The van der Waals surface area contributed by atoms with Crippen LogP contribution < -0.4 is 5.32 Å². The average molecular weight is 261 g/mol. The number of ether oxygens (including phenoxy) is 1. The maximum Gasteiger partial charge on any atom is 0.0591 e. The van der Waals surface area contributed by atoms with Gasteiger partial charge in [-0.2, -0.15) is 0 Å². The van der Waals surface area contributed by atoms with Crippen molar-refractivity contribution in [3.8, 4) is 0 Å². The fourth-order valence-electron chi connectivity index (χ4n) is 2.16. The van der Waals surface area contributed by atoms with Gasteiger partial charge in [0.25, 0.3) is 0 Å². The molecular formula is C17H27NO. The predicted octanol–water partition coefficient (Wildman–Crippen LogP) is 3.51. The molecule has 0 heterocycles. The van der Waals surface area contributed by atoms with Crippen LogP contribution in [0.25, 0.3) is 0 Å². The van der Waals surface area contributed by atoms with Crippen molar-refractivity contribution in [3.05, 3.63) is 35.4 Å². The molecule has 0 aromatic heterocycles. The minimum absolute atomic E-state index is 0.666. The first-order valence-electron chi connectivity index (χ1n) is 7.69. The van der Waals surface area contributed by atoms with Crippen molar-refractivity contribution < 1.29 is 4.74 Å². The van der Waals surface area contributed by atoms with Gasteiger partial charge in [0.1, 0.15) is 0 Å². The topological polar surface area (TPSA) is 21.3 Å². The SMILES string of the molecule is CCC(C)c1ccc(CCOCCNC2CC2)cc1. The van der Waals surface area contributed by atoms with Crippen LogP contribution in [0.1, 0.15) is 50.2 Å². The summed E-state index contributed by atoms with van der Waals surface area (Å²) >= 11 is 0. The van der Waals surface area contributed by atoms with E-state index in [4.69, 9.17) is 4.74 Å². The van der Waals surface area contributed by atoms with Crippen molar-refractivity contribution >= 4 is 0 Å². The van der Waals surface area contributed by atoms with E-state index in [9.17, 15) is 0 Å². The number of rotatable bonds is 9. The molecule has 1 N–H and O–H groups in total. The fourth-order valence-corrected chi connectivity index (χ4v) is 2.16. The summed E-state index contributed by atoms with van der Waals surface area (Å²) in [4.78, 5) is 0. The summed E-state index contributed by atoms with van der Waals surface area (Å²) in [5, 5.41) is 3.46. The zero-order valence-corrected chi connectivity index (χ0v) is 12.3. The monoisotopic (exact) mass is 261 g/mol. The molecule has 1 aromatic carbocycles. The van der Waals surface area contributed by atoms with Crippen molar-refractivity contribution in [1.29, 1.82) is 0 Å². The molecule has 1 atom stereocenters. The molecule has 1 saturated carbocycles. The van der Waals surface area contributed by atoms with Crippen LogP contribution in [-0.2, 0) is 11.2 Å². The Morgan fingerprint density at radius 2 is 1.95 bits per heavy atom. The molecule has 0 aliphatic heterocycles. The molecule has 0 spiro atoms. The Morgan fingerprint density at radius 3 is 2.58 bits per heavy atom. The summed E-state index contributed by atoms with van der Waals surface area (Å²) in [6, 6.07) is 9.80. The largest absolute Gasteiger partial charge is 0.380 e. The van der Waals surface area contributed by atoms with Gasteiger partial charge in [-0.05, 0) is 42.7 Å². The molecular weight excluding hydrogens is 234 g/mol. The van der Waals surface area contributed by atoms with Gasteiger partial charge < -0.3 is 10.1 Å². The van der Waals surface area contributed by atoms with Crippen LogP contribution in [0.3, 0.4) is 0 Å².